The topological polar surface area (TPSA) is 66.3 Å². The Balaban J connectivity index is 1.70. The SMILES string of the molecule is CC(C)N(CCn1c(SCc2cn3ccccc3c2C#N)nc2ccccc2c1=O)C(C)C. The van der Waals surface area contributed by atoms with Crippen LogP contribution in [0.4, 0.5) is 0 Å². The lowest BCUT2D eigenvalue weighted by atomic mass is 10.2. The molecule has 4 aromatic rings. The summed E-state index contributed by atoms with van der Waals surface area (Å²) in [6.45, 7) is 10.0. The molecule has 7 heteroatoms. The van der Waals surface area contributed by atoms with Crippen LogP contribution >= 0.6 is 11.8 Å². The van der Waals surface area contributed by atoms with Crippen LogP contribution in [0.3, 0.4) is 0 Å². The molecule has 170 valence electrons. The Hall–Kier alpha value is -3.08. The lowest BCUT2D eigenvalue weighted by Crippen LogP contribution is -2.40. The van der Waals surface area contributed by atoms with Gasteiger partial charge in [-0.1, -0.05) is 30.0 Å². The molecule has 3 aromatic heterocycles. The Labute approximate surface area is 198 Å². The number of hydrogen-bond donors (Lipinski definition) is 0. The molecule has 0 bridgehead atoms. The van der Waals surface area contributed by atoms with Gasteiger partial charge in [0.15, 0.2) is 5.16 Å². The van der Waals surface area contributed by atoms with Gasteiger partial charge in [0.2, 0.25) is 0 Å². The van der Waals surface area contributed by atoms with Crippen LogP contribution in [0.25, 0.3) is 16.4 Å². The Bertz CT molecular complexity index is 1370. The highest BCUT2D eigenvalue weighted by Crippen LogP contribution is 2.27. The van der Waals surface area contributed by atoms with E-state index < -0.39 is 0 Å². The number of para-hydroxylation sites is 1. The van der Waals surface area contributed by atoms with Crippen LogP contribution in [-0.2, 0) is 12.3 Å². The third-order valence-corrected chi connectivity index (χ3v) is 6.99. The highest BCUT2D eigenvalue weighted by atomic mass is 32.2. The van der Waals surface area contributed by atoms with E-state index in [2.05, 4.69) is 38.7 Å². The zero-order valence-electron chi connectivity index (χ0n) is 19.5. The van der Waals surface area contributed by atoms with Crippen molar-refractivity contribution in [2.45, 2.75) is 57.2 Å². The molecule has 4 rings (SSSR count). The van der Waals surface area contributed by atoms with Gasteiger partial charge in [0.1, 0.15) is 6.07 Å². The van der Waals surface area contributed by atoms with Gasteiger partial charge in [-0.25, -0.2) is 4.98 Å². The Kier molecular flexibility index (Phi) is 6.87. The number of hydrogen-bond acceptors (Lipinski definition) is 5. The summed E-state index contributed by atoms with van der Waals surface area (Å²) >= 11 is 1.51. The lowest BCUT2D eigenvalue weighted by Gasteiger charge is -2.30. The Morgan fingerprint density at radius 3 is 2.55 bits per heavy atom. The fourth-order valence-electron chi connectivity index (χ4n) is 4.34. The molecule has 1 aromatic carbocycles. The van der Waals surface area contributed by atoms with E-state index in [1.165, 1.54) is 11.8 Å². The summed E-state index contributed by atoms with van der Waals surface area (Å²) in [7, 11) is 0. The normalized spacial score (nSPS) is 11.8. The third-order valence-electron chi connectivity index (χ3n) is 5.97. The molecule has 6 nitrogen and oxygen atoms in total. The minimum absolute atomic E-state index is 0.0156. The van der Waals surface area contributed by atoms with Crippen molar-refractivity contribution >= 4 is 28.2 Å². The number of nitrogens with zero attached hydrogens (tertiary/aromatic N) is 5. The van der Waals surface area contributed by atoms with Gasteiger partial charge >= 0.3 is 0 Å². The van der Waals surface area contributed by atoms with Crippen molar-refractivity contribution in [2.24, 2.45) is 0 Å². The molecule has 0 saturated carbocycles. The van der Waals surface area contributed by atoms with Gasteiger partial charge in [0.05, 0.1) is 22.0 Å². The van der Waals surface area contributed by atoms with Crippen LogP contribution < -0.4 is 5.56 Å². The van der Waals surface area contributed by atoms with E-state index in [-0.39, 0.29) is 5.56 Å². The quantitative estimate of drug-likeness (QED) is 0.276. The Morgan fingerprint density at radius 1 is 1.09 bits per heavy atom. The van der Waals surface area contributed by atoms with Crippen molar-refractivity contribution in [2.75, 3.05) is 6.54 Å². The molecule has 0 aliphatic rings. The third kappa shape index (κ3) is 4.68. The maximum atomic E-state index is 13.4. The summed E-state index contributed by atoms with van der Waals surface area (Å²) in [5, 5.41) is 11.1. The van der Waals surface area contributed by atoms with Crippen LogP contribution in [0, 0.1) is 11.3 Å². The van der Waals surface area contributed by atoms with E-state index in [9.17, 15) is 10.1 Å². The van der Waals surface area contributed by atoms with Crippen molar-refractivity contribution < 1.29 is 0 Å². The number of benzene rings is 1. The fourth-order valence-corrected chi connectivity index (χ4v) is 5.34. The van der Waals surface area contributed by atoms with Crippen LogP contribution in [0.1, 0.15) is 38.8 Å². The smallest absolute Gasteiger partial charge is 0.262 e. The zero-order chi connectivity index (χ0) is 23.5. The summed E-state index contributed by atoms with van der Waals surface area (Å²) < 4.78 is 3.77. The standard InChI is InChI=1S/C26H29N5OS/c1-18(2)30(19(3)4)13-14-31-25(32)21-9-5-6-10-23(21)28-26(31)33-17-20-16-29-12-8-7-11-24(29)22(20)15-27/h5-12,16,18-19H,13-14,17H2,1-4H3. The molecule has 0 aliphatic heterocycles. The maximum Gasteiger partial charge on any atom is 0.262 e. The highest BCUT2D eigenvalue weighted by Gasteiger charge is 2.18. The first-order chi connectivity index (χ1) is 15.9. The number of aromatic nitrogens is 3. The van der Waals surface area contributed by atoms with Gasteiger partial charge in [0, 0.05) is 43.3 Å². The predicted molar refractivity (Wildman–Crippen MR) is 135 cm³/mol. The number of pyridine rings is 1. The minimum Gasteiger partial charge on any atom is -0.322 e. The molecule has 3 heterocycles. The molecule has 0 saturated heterocycles. The summed E-state index contributed by atoms with van der Waals surface area (Å²) in [6, 6.07) is 16.5. The van der Waals surface area contributed by atoms with Gasteiger partial charge in [-0.2, -0.15) is 5.26 Å². The molecule has 0 spiro atoms. The van der Waals surface area contributed by atoms with Crippen molar-refractivity contribution in [1.82, 2.24) is 18.9 Å². The first-order valence-corrected chi connectivity index (χ1v) is 12.3. The average molecular weight is 460 g/mol. The summed E-state index contributed by atoms with van der Waals surface area (Å²) in [4.78, 5) is 20.6. The fraction of sp³-hybridized carbons (Fsp3) is 0.346. The summed E-state index contributed by atoms with van der Waals surface area (Å²) in [5.74, 6) is 0.563. The van der Waals surface area contributed by atoms with Crippen LogP contribution in [0.15, 0.2) is 64.8 Å². The lowest BCUT2D eigenvalue weighted by molar-refractivity contribution is 0.166. The number of nitriles is 1. The first kappa shape index (κ1) is 23.1. The van der Waals surface area contributed by atoms with E-state index in [0.29, 0.717) is 46.0 Å². The van der Waals surface area contributed by atoms with E-state index in [1.807, 2.05) is 59.3 Å². The van der Waals surface area contributed by atoms with Crippen molar-refractivity contribution in [3.8, 4) is 6.07 Å². The van der Waals surface area contributed by atoms with E-state index in [0.717, 1.165) is 17.6 Å². The van der Waals surface area contributed by atoms with Gasteiger partial charge in [-0.15, -0.1) is 0 Å². The molecule has 33 heavy (non-hydrogen) atoms. The van der Waals surface area contributed by atoms with Gasteiger partial charge in [-0.3, -0.25) is 14.3 Å². The second-order valence-electron chi connectivity index (χ2n) is 8.72. The van der Waals surface area contributed by atoms with Crippen molar-refractivity contribution in [1.29, 1.82) is 5.26 Å². The van der Waals surface area contributed by atoms with Gasteiger partial charge in [0.25, 0.3) is 5.56 Å². The van der Waals surface area contributed by atoms with Gasteiger partial charge < -0.3 is 4.40 Å². The molecule has 0 N–H and O–H groups in total. The van der Waals surface area contributed by atoms with Crippen molar-refractivity contribution in [3.05, 3.63) is 76.3 Å². The first-order valence-electron chi connectivity index (χ1n) is 11.3. The van der Waals surface area contributed by atoms with Crippen molar-refractivity contribution in [3.63, 3.8) is 0 Å². The van der Waals surface area contributed by atoms with Crippen LogP contribution in [0.2, 0.25) is 0 Å². The molecule has 0 amide bonds. The van der Waals surface area contributed by atoms with E-state index in [1.54, 1.807) is 4.57 Å². The number of rotatable bonds is 8. The number of fused-ring (bicyclic) bond motifs is 2. The average Bonchev–Trinajstić information content (AvgIpc) is 3.16. The Morgan fingerprint density at radius 2 is 1.82 bits per heavy atom. The molecule has 0 unspecified atom stereocenters. The molecular weight excluding hydrogens is 430 g/mol. The highest BCUT2D eigenvalue weighted by molar-refractivity contribution is 7.98. The summed E-state index contributed by atoms with van der Waals surface area (Å²) in [6.07, 6.45) is 3.94. The monoisotopic (exact) mass is 459 g/mol. The molecule has 0 fully saturated rings. The largest absolute Gasteiger partial charge is 0.322 e. The van der Waals surface area contributed by atoms with E-state index >= 15 is 0 Å². The van der Waals surface area contributed by atoms with Crippen LogP contribution in [-0.4, -0.2) is 37.5 Å². The van der Waals surface area contributed by atoms with Gasteiger partial charge in [-0.05, 0) is 57.5 Å². The second kappa shape index (κ2) is 9.82. The molecule has 0 radical (unpaired) electrons. The molecular formula is C26H29N5OS. The van der Waals surface area contributed by atoms with Crippen LogP contribution in [0.5, 0.6) is 0 Å². The summed E-state index contributed by atoms with van der Waals surface area (Å²) in [5.41, 5.74) is 3.19. The predicted octanol–water partition coefficient (Wildman–Crippen LogP) is 4.93. The zero-order valence-corrected chi connectivity index (χ0v) is 20.3. The maximum absolute atomic E-state index is 13.4. The molecule has 0 atom stereocenters. The van der Waals surface area contributed by atoms with E-state index in [4.69, 9.17) is 4.98 Å². The molecule has 0 aliphatic carbocycles. The minimum atomic E-state index is -0.0156. The number of thioether (sulfide) groups is 1. The second-order valence-corrected chi connectivity index (χ2v) is 9.66.